The average Bonchev–Trinajstić information content (AvgIpc) is 2.48. The maximum absolute atomic E-state index is 5.83. The first-order valence-electron chi connectivity index (χ1n) is 8.13. The minimum atomic E-state index is 0.592. The summed E-state index contributed by atoms with van der Waals surface area (Å²) >= 11 is 0. The third-order valence-electron chi connectivity index (χ3n) is 4.01. The molecular weight excluding hydrogens is 246 g/mol. The Bertz CT molecular complexity index is 386. The van der Waals surface area contributed by atoms with Gasteiger partial charge in [0.15, 0.2) is 0 Å². The first kappa shape index (κ1) is 17.0. The highest BCUT2D eigenvalue weighted by Gasteiger charge is 2.13. The van der Waals surface area contributed by atoms with Crippen molar-refractivity contribution in [2.45, 2.75) is 59.9 Å². The van der Waals surface area contributed by atoms with Gasteiger partial charge in [-0.2, -0.15) is 0 Å². The van der Waals surface area contributed by atoms with Gasteiger partial charge in [-0.25, -0.2) is 4.98 Å². The Morgan fingerprint density at radius 3 is 2.35 bits per heavy atom. The summed E-state index contributed by atoms with van der Waals surface area (Å²) in [6.07, 6.45) is 4.61. The van der Waals surface area contributed by atoms with E-state index in [9.17, 15) is 0 Å². The van der Waals surface area contributed by atoms with Gasteiger partial charge in [0.05, 0.1) is 0 Å². The molecule has 0 aliphatic carbocycles. The van der Waals surface area contributed by atoms with Gasteiger partial charge in [-0.05, 0) is 37.0 Å². The first-order chi connectivity index (χ1) is 9.68. The lowest BCUT2D eigenvalue weighted by Crippen LogP contribution is -2.30. The summed E-state index contributed by atoms with van der Waals surface area (Å²) in [5.41, 5.74) is 8.20. The van der Waals surface area contributed by atoms with Crippen LogP contribution in [-0.2, 0) is 13.0 Å². The van der Waals surface area contributed by atoms with Crippen molar-refractivity contribution < 1.29 is 0 Å². The predicted molar refractivity (Wildman–Crippen MR) is 88.1 cm³/mol. The summed E-state index contributed by atoms with van der Waals surface area (Å²) < 4.78 is 0. The maximum atomic E-state index is 5.83. The molecule has 2 N–H and O–H groups in total. The standard InChI is InChI=1S/C17H31N3/c1-5-9-16-10-15(12-18)11-17(19-16)20(8-4)13-14(6-2)7-3/h10-11,14H,5-9,12-13,18H2,1-4H3. The van der Waals surface area contributed by atoms with Crippen LogP contribution < -0.4 is 10.6 Å². The Morgan fingerprint density at radius 1 is 1.15 bits per heavy atom. The number of nitrogens with two attached hydrogens (primary N) is 1. The normalized spacial score (nSPS) is 11.1. The Balaban J connectivity index is 2.97. The van der Waals surface area contributed by atoms with Gasteiger partial charge in [-0.1, -0.05) is 40.0 Å². The summed E-state index contributed by atoms with van der Waals surface area (Å²) in [5.74, 6) is 1.85. The van der Waals surface area contributed by atoms with Gasteiger partial charge in [0.2, 0.25) is 0 Å². The van der Waals surface area contributed by atoms with Crippen LogP contribution in [0.25, 0.3) is 0 Å². The highest BCUT2D eigenvalue weighted by atomic mass is 15.2. The van der Waals surface area contributed by atoms with Crippen LogP contribution in [0.15, 0.2) is 12.1 Å². The fraction of sp³-hybridized carbons (Fsp3) is 0.706. The van der Waals surface area contributed by atoms with Crippen LogP contribution in [0.2, 0.25) is 0 Å². The molecule has 0 saturated heterocycles. The lowest BCUT2D eigenvalue weighted by Gasteiger charge is -2.27. The van der Waals surface area contributed by atoms with Crippen LogP contribution in [0.1, 0.15) is 58.2 Å². The minimum Gasteiger partial charge on any atom is -0.357 e. The quantitative estimate of drug-likeness (QED) is 0.747. The number of nitrogens with zero attached hydrogens (tertiary/aromatic N) is 2. The number of anilines is 1. The molecule has 0 spiro atoms. The molecule has 3 nitrogen and oxygen atoms in total. The molecule has 0 aromatic carbocycles. The fourth-order valence-electron chi connectivity index (χ4n) is 2.54. The lowest BCUT2D eigenvalue weighted by molar-refractivity contribution is 0.484. The molecule has 0 bridgehead atoms. The monoisotopic (exact) mass is 277 g/mol. The van der Waals surface area contributed by atoms with E-state index < -0.39 is 0 Å². The summed E-state index contributed by atoms with van der Waals surface area (Å²) in [5, 5.41) is 0. The van der Waals surface area contributed by atoms with Gasteiger partial charge >= 0.3 is 0 Å². The molecule has 114 valence electrons. The van der Waals surface area contributed by atoms with E-state index in [1.54, 1.807) is 0 Å². The fourth-order valence-corrected chi connectivity index (χ4v) is 2.54. The van der Waals surface area contributed by atoms with Gasteiger partial charge in [0, 0.05) is 25.3 Å². The third kappa shape index (κ3) is 4.78. The molecule has 0 atom stereocenters. The molecule has 1 heterocycles. The van der Waals surface area contributed by atoms with Crippen LogP contribution in [0.3, 0.4) is 0 Å². The maximum Gasteiger partial charge on any atom is 0.129 e. The molecule has 0 radical (unpaired) electrons. The molecule has 3 heteroatoms. The van der Waals surface area contributed by atoms with Crippen LogP contribution >= 0.6 is 0 Å². The number of pyridine rings is 1. The van der Waals surface area contributed by atoms with Gasteiger partial charge in [0.1, 0.15) is 5.82 Å². The minimum absolute atomic E-state index is 0.592. The van der Waals surface area contributed by atoms with Gasteiger partial charge in [-0.3, -0.25) is 0 Å². The molecule has 0 fully saturated rings. The SMILES string of the molecule is CCCc1cc(CN)cc(N(CC)CC(CC)CC)n1. The Labute approximate surface area is 124 Å². The second kappa shape index (κ2) is 8.96. The Morgan fingerprint density at radius 2 is 1.85 bits per heavy atom. The average molecular weight is 277 g/mol. The van der Waals surface area contributed by atoms with Gasteiger partial charge in [-0.15, -0.1) is 0 Å². The van der Waals surface area contributed by atoms with Crippen molar-refractivity contribution in [3.05, 3.63) is 23.4 Å². The van der Waals surface area contributed by atoms with Gasteiger partial charge < -0.3 is 10.6 Å². The highest BCUT2D eigenvalue weighted by molar-refractivity contribution is 5.43. The van der Waals surface area contributed by atoms with Crippen LogP contribution in [-0.4, -0.2) is 18.1 Å². The van der Waals surface area contributed by atoms with E-state index in [1.807, 2.05) is 0 Å². The smallest absolute Gasteiger partial charge is 0.129 e. The molecular formula is C17H31N3. The molecule has 20 heavy (non-hydrogen) atoms. The van der Waals surface area contributed by atoms with Crippen LogP contribution in [0, 0.1) is 5.92 Å². The summed E-state index contributed by atoms with van der Waals surface area (Å²) in [4.78, 5) is 7.23. The van der Waals surface area contributed by atoms with Crippen molar-refractivity contribution in [2.24, 2.45) is 11.7 Å². The first-order valence-corrected chi connectivity index (χ1v) is 8.13. The zero-order chi connectivity index (χ0) is 15.0. The third-order valence-corrected chi connectivity index (χ3v) is 4.01. The van der Waals surface area contributed by atoms with E-state index in [0.29, 0.717) is 6.54 Å². The number of aromatic nitrogens is 1. The molecule has 1 rings (SSSR count). The molecule has 0 unspecified atom stereocenters. The van der Waals surface area contributed by atoms with Crippen molar-refractivity contribution >= 4 is 5.82 Å². The second-order valence-corrected chi connectivity index (χ2v) is 5.50. The molecule has 0 saturated carbocycles. The summed E-state index contributed by atoms with van der Waals surface area (Å²) in [6, 6.07) is 4.31. The molecule has 0 aliphatic heterocycles. The number of rotatable bonds is 9. The number of hydrogen-bond donors (Lipinski definition) is 1. The second-order valence-electron chi connectivity index (χ2n) is 5.50. The van der Waals surface area contributed by atoms with E-state index in [0.717, 1.165) is 37.7 Å². The van der Waals surface area contributed by atoms with Crippen LogP contribution in [0.4, 0.5) is 5.82 Å². The predicted octanol–water partition coefficient (Wildman–Crippen LogP) is 3.76. The van der Waals surface area contributed by atoms with Gasteiger partial charge in [0.25, 0.3) is 0 Å². The van der Waals surface area contributed by atoms with E-state index in [-0.39, 0.29) is 0 Å². The van der Waals surface area contributed by atoms with E-state index in [1.165, 1.54) is 24.1 Å². The van der Waals surface area contributed by atoms with Crippen molar-refractivity contribution in [1.29, 1.82) is 0 Å². The largest absolute Gasteiger partial charge is 0.357 e. The molecule has 1 aromatic rings. The van der Waals surface area contributed by atoms with Crippen molar-refractivity contribution in [1.82, 2.24) is 4.98 Å². The topological polar surface area (TPSA) is 42.1 Å². The zero-order valence-corrected chi connectivity index (χ0v) is 13.7. The van der Waals surface area contributed by atoms with E-state index in [2.05, 4.69) is 44.7 Å². The van der Waals surface area contributed by atoms with E-state index >= 15 is 0 Å². The van der Waals surface area contributed by atoms with Crippen molar-refractivity contribution in [3.8, 4) is 0 Å². The van der Waals surface area contributed by atoms with Crippen molar-refractivity contribution in [2.75, 3.05) is 18.0 Å². The van der Waals surface area contributed by atoms with Crippen molar-refractivity contribution in [3.63, 3.8) is 0 Å². The highest BCUT2D eigenvalue weighted by Crippen LogP contribution is 2.19. The number of hydrogen-bond acceptors (Lipinski definition) is 3. The Kier molecular flexibility index (Phi) is 7.60. The summed E-state index contributed by atoms with van der Waals surface area (Å²) in [6.45, 7) is 11.6. The molecule has 1 aromatic heterocycles. The summed E-state index contributed by atoms with van der Waals surface area (Å²) in [7, 11) is 0. The van der Waals surface area contributed by atoms with E-state index in [4.69, 9.17) is 10.7 Å². The molecule has 0 aliphatic rings. The van der Waals surface area contributed by atoms with Crippen LogP contribution in [0.5, 0.6) is 0 Å². The molecule has 0 amide bonds. The Hall–Kier alpha value is -1.09. The zero-order valence-electron chi connectivity index (χ0n) is 13.7. The number of aryl methyl sites for hydroxylation is 1. The lowest BCUT2D eigenvalue weighted by atomic mass is 10.0.